The Morgan fingerprint density at radius 3 is 0.984 bits per heavy atom. The Labute approximate surface area is 368 Å². The first kappa shape index (κ1) is 46.2. The molecule has 0 aliphatic carbocycles. The molecule has 10 nitrogen and oxygen atoms in total. The van der Waals surface area contributed by atoms with E-state index in [9.17, 15) is 28.3 Å². The second-order valence-corrected chi connectivity index (χ2v) is 20.5. The number of rotatable bonds is 18. The topological polar surface area (TPSA) is 139 Å². The quantitative estimate of drug-likeness (QED) is 0.0356. The van der Waals surface area contributed by atoms with Crippen LogP contribution in [0.4, 0.5) is 0 Å². The summed E-state index contributed by atoms with van der Waals surface area (Å²) < 4.78 is 52.3. The summed E-state index contributed by atoms with van der Waals surface area (Å²) in [5.41, 5.74) is 3.41. The molecule has 0 bridgehead atoms. The van der Waals surface area contributed by atoms with Gasteiger partial charge in [0.2, 0.25) is 25.3 Å². The summed E-state index contributed by atoms with van der Waals surface area (Å²) in [6.45, 7) is 10.2. The maximum atomic E-state index is 14.9. The van der Waals surface area contributed by atoms with Crippen molar-refractivity contribution >= 4 is 58.5 Å². The predicted octanol–water partition coefficient (Wildman–Crippen LogP) is 8.78. The van der Waals surface area contributed by atoms with Crippen molar-refractivity contribution in [3.05, 3.63) is 178 Å². The lowest BCUT2D eigenvalue weighted by Gasteiger charge is -2.22. The Morgan fingerprint density at radius 2 is 0.698 bits per heavy atom. The molecule has 63 heavy (non-hydrogen) atoms. The molecule has 0 atom stereocenters. The second kappa shape index (κ2) is 20.2. The highest BCUT2D eigenvalue weighted by molar-refractivity contribution is 7.94. The van der Waals surface area contributed by atoms with Crippen molar-refractivity contribution in [3.63, 3.8) is 0 Å². The standard InChI is InChI=1S/C51H50O10P2/c1-34-31-36(3)48(38(5)46(34)50(54)62(56,40-19-11-7-12-20-40)41-21-13-8-14-22-41)60-29-27-58-44(52)33-45(53)59-28-30-61-49-37(4)32-35(2)47(39(49)6)51(55)63(57,42-23-15-9-16-24-42)43-25-17-10-18-26-43/h7-26,31-32H,27-30,33H2,1-6H3. The molecular weight excluding hydrogens is 834 g/mol. The lowest BCUT2D eigenvalue weighted by atomic mass is 9.99. The average Bonchev–Trinajstić information content (AvgIpc) is 3.28. The van der Waals surface area contributed by atoms with Crippen molar-refractivity contribution in [1.82, 2.24) is 0 Å². The van der Waals surface area contributed by atoms with Gasteiger partial charge >= 0.3 is 11.9 Å². The summed E-state index contributed by atoms with van der Waals surface area (Å²) in [7, 11) is -7.57. The van der Waals surface area contributed by atoms with E-state index in [4.69, 9.17) is 18.9 Å². The Balaban J connectivity index is 1.04. The summed E-state index contributed by atoms with van der Waals surface area (Å²) in [6, 6.07) is 38.5. The summed E-state index contributed by atoms with van der Waals surface area (Å²) in [5.74, 6) is -0.828. The van der Waals surface area contributed by atoms with E-state index >= 15 is 0 Å². The van der Waals surface area contributed by atoms with Crippen LogP contribution in [0.3, 0.4) is 0 Å². The lowest BCUT2D eigenvalue weighted by Crippen LogP contribution is -2.24. The van der Waals surface area contributed by atoms with Crippen LogP contribution < -0.4 is 30.7 Å². The molecule has 0 spiro atoms. The van der Waals surface area contributed by atoms with Crippen LogP contribution in [0.25, 0.3) is 0 Å². The number of carbonyl (C=O) groups excluding carboxylic acids is 4. The third-order valence-corrected chi connectivity index (χ3v) is 16.4. The zero-order valence-electron chi connectivity index (χ0n) is 36.2. The maximum absolute atomic E-state index is 14.9. The minimum absolute atomic E-state index is 0.0755. The number of hydrogen-bond acceptors (Lipinski definition) is 10. The van der Waals surface area contributed by atoms with E-state index in [1.165, 1.54) is 0 Å². The fourth-order valence-corrected chi connectivity index (χ4v) is 13.1. The zero-order valence-corrected chi connectivity index (χ0v) is 38.0. The summed E-state index contributed by atoms with van der Waals surface area (Å²) in [6.07, 6.45) is -0.648. The molecule has 6 aromatic rings. The molecule has 0 saturated carbocycles. The van der Waals surface area contributed by atoms with Crippen LogP contribution in [0, 0.1) is 41.5 Å². The Morgan fingerprint density at radius 1 is 0.413 bits per heavy atom. The van der Waals surface area contributed by atoms with Crippen molar-refractivity contribution in [2.24, 2.45) is 0 Å². The molecule has 0 heterocycles. The van der Waals surface area contributed by atoms with Gasteiger partial charge in [0.1, 0.15) is 44.3 Å². The van der Waals surface area contributed by atoms with E-state index in [0.29, 0.717) is 66.1 Å². The average molecular weight is 885 g/mol. The number of ether oxygens (including phenoxy) is 4. The van der Waals surface area contributed by atoms with E-state index in [1.807, 2.05) is 13.8 Å². The smallest absolute Gasteiger partial charge is 0.317 e. The number of benzene rings is 6. The van der Waals surface area contributed by atoms with Gasteiger partial charge in [0.25, 0.3) is 0 Å². The third-order valence-electron chi connectivity index (χ3n) is 10.8. The van der Waals surface area contributed by atoms with Crippen molar-refractivity contribution in [1.29, 1.82) is 0 Å². The zero-order chi connectivity index (χ0) is 45.3. The maximum Gasteiger partial charge on any atom is 0.317 e. The van der Waals surface area contributed by atoms with Gasteiger partial charge in [-0.3, -0.25) is 19.2 Å². The van der Waals surface area contributed by atoms with Gasteiger partial charge in [-0.2, -0.15) is 0 Å². The van der Waals surface area contributed by atoms with E-state index in [-0.39, 0.29) is 26.4 Å². The molecule has 12 heteroatoms. The Bertz CT molecular complexity index is 2460. The normalized spacial score (nSPS) is 11.4. The van der Waals surface area contributed by atoms with Gasteiger partial charge in [-0.05, 0) is 63.8 Å². The van der Waals surface area contributed by atoms with Gasteiger partial charge in [0.05, 0.1) is 0 Å². The number of hydrogen-bond donors (Lipinski definition) is 0. The molecule has 0 amide bonds. The van der Waals surface area contributed by atoms with Crippen LogP contribution in [-0.4, -0.2) is 49.4 Å². The van der Waals surface area contributed by atoms with E-state index in [0.717, 1.165) is 11.1 Å². The first-order valence-electron chi connectivity index (χ1n) is 20.5. The van der Waals surface area contributed by atoms with Gasteiger partial charge < -0.3 is 28.1 Å². The van der Waals surface area contributed by atoms with Gasteiger partial charge in [-0.25, -0.2) is 0 Å². The molecule has 0 aliphatic rings. The summed E-state index contributed by atoms with van der Waals surface area (Å²) in [4.78, 5) is 54.0. The number of carbonyl (C=O) groups is 4. The van der Waals surface area contributed by atoms with Crippen LogP contribution >= 0.6 is 14.3 Å². The second-order valence-electron chi connectivity index (χ2n) is 15.2. The molecule has 324 valence electrons. The summed E-state index contributed by atoms with van der Waals surface area (Å²) >= 11 is 0. The minimum Gasteiger partial charge on any atom is -0.489 e. The number of esters is 2. The van der Waals surface area contributed by atoms with Crippen LogP contribution in [0.1, 0.15) is 60.5 Å². The van der Waals surface area contributed by atoms with Gasteiger partial charge in [0.15, 0.2) is 0 Å². The first-order chi connectivity index (χ1) is 30.2. The SMILES string of the molecule is Cc1cc(C)c(C(=O)P(=O)(c2ccccc2)c2ccccc2)c(C)c1OCCOC(=O)CC(=O)OCCOc1c(C)cc(C)c(C(=O)P(=O)(c2ccccc2)c2ccccc2)c1C. The highest BCUT2D eigenvalue weighted by Gasteiger charge is 2.40. The fraction of sp³-hybridized carbons (Fsp3) is 0.216. The molecule has 0 radical (unpaired) electrons. The molecule has 6 rings (SSSR count). The lowest BCUT2D eigenvalue weighted by molar-refractivity contribution is -0.155. The van der Waals surface area contributed by atoms with E-state index < -0.39 is 43.7 Å². The first-order valence-corrected chi connectivity index (χ1v) is 23.9. The molecule has 0 N–H and O–H groups in total. The monoisotopic (exact) mass is 884 g/mol. The van der Waals surface area contributed by atoms with E-state index in [2.05, 4.69) is 0 Å². The molecule has 0 saturated heterocycles. The fourth-order valence-electron chi connectivity index (χ4n) is 7.89. The van der Waals surface area contributed by atoms with Crippen LogP contribution in [-0.2, 0) is 28.2 Å². The third kappa shape index (κ3) is 9.83. The van der Waals surface area contributed by atoms with Crippen molar-refractivity contribution in [3.8, 4) is 11.5 Å². The molecule has 6 aromatic carbocycles. The molecular formula is C51H50O10P2. The van der Waals surface area contributed by atoms with Gasteiger partial charge in [-0.15, -0.1) is 0 Å². The van der Waals surface area contributed by atoms with Crippen LogP contribution in [0.5, 0.6) is 11.5 Å². The molecule has 0 fully saturated rings. The largest absolute Gasteiger partial charge is 0.489 e. The highest BCUT2D eigenvalue weighted by atomic mass is 31.2. The van der Waals surface area contributed by atoms with E-state index in [1.54, 1.807) is 161 Å². The Hall–Kier alpha value is -6.34. The molecule has 0 aromatic heterocycles. The van der Waals surface area contributed by atoms with Crippen molar-refractivity contribution < 1.29 is 47.3 Å². The molecule has 0 aliphatic heterocycles. The van der Waals surface area contributed by atoms with Crippen LogP contribution in [0.2, 0.25) is 0 Å². The summed E-state index contributed by atoms with van der Waals surface area (Å²) in [5, 5.41) is 1.71. The minimum atomic E-state index is -3.79. The van der Waals surface area contributed by atoms with Gasteiger partial charge in [0, 0.05) is 43.5 Å². The van der Waals surface area contributed by atoms with Crippen molar-refractivity contribution in [2.45, 2.75) is 48.0 Å². The molecule has 0 unspecified atom stereocenters. The highest BCUT2D eigenvalue weighted by Crippen LogP contribution is 2.50. The Kier molecular flexibility index (Phi) is 14.8. The number of aryl methyl sites for hydroxylation is 4. The van der Waals surface area contributed by atoms with Crippen molar-refractivity contribution in [2.75, 3.05) is 26.4 Å². The van der Waals surface area contributed by atoms with Crippen LogP contribution in [0.15, 0.2) is 133 Å². The predicted molar refractivity (Wildman–Crippen MR) is 247 cm³/mol. The van der Waals surface area contributed by atoms with Gasteiger partial charge in [-0.1, -0.05) is 133 Å².